The summed E-state index contributed by atoms with van der Waals surface area (Å²) in [6.45, 7) is 4.97. The molecular formula is C24H26Br2Cl2N2O7. The first-order chi connectivity index (χ1) is 17.0. The van der Waals surface area contributed by atoms with E-state index in [-0.39, 0.29) is 33.5 Å². The molecule has 202 valence electrons. The van der Waals surface area contributed by atoms with Gasteiger partial charge in [0.1, 0.15) is 23.4 Å². The molecule has 0 saturated carbocycles. The van der Waals surface area contributed by atoms with Gasteiger partial charge in [-0.05, 0) is 88.0 Å². The lowest BCUT2D eigenvalue weighted by Gasteiger charge is -2.31. The quantitative estimate of drug-likeness (QED) is 0.318. The van der Waals surface area contributed by atoms with Gasteiger partial charge in [-0.15, -0.1) is 0 Å². The molecule has 2 aromatic carbocycles. The van der Waals surface area contributed by atoms with Crippen LogP contribution < -0.4 is 5.32 Å². The molecule has 0 aliphatic heterocycles. The molecule has 0 fully saturated rings. The van der Waals surface area contributed by atoms with Crippen LogP contribution in [-0.2, 0) is 25.5 Å². The number of esters is 1. The number of phenols is 2. The molecule has 2 rings (SSSR count). The van der Waals surface area contributed by atoms with Crippen LogP contribution in [0.4, 0.5) is 4.79 Å². The second kappa shape index (κ2) is 12.6. The van der Waals surface area contributed by atoms with Crippen molar-refractivity contribution in [3.05, 3.63) is 54.4 Å². The number of aromatic hydroxyl groups is 2. The summed E-state index contributed by atoms with van der Waals surface area (Å²) in [6, 6.07) is 3.25. The molecule has 0 heterocycles. The van der Waals surface area contributed by atoms with Crippen LogP contribution >= 0.6 is 55.1 Å². The van der Waals surface area contributed by atoms with Gasteiger partial charge in [0, 0.05) is 13.5 Å². The van der Waals surface area contributed by atoms with Crippen LogP contribution in [0.1, 0.15) is 37.9 Å². The van der Waals surface area contributed by atoms with E-state index in [4.69, 9.17) is 32.7 Å². The predicted octanol–water partition coefficient (Wildman–Crippen LogP) is 5.74. The Kier molecular flexibility index (Phi) is 10.5. The average molecular weight is 685 g/mol. The number of methoxy groups -OCH3 is 1. The Hall–Kier alpha value is -2.21. The first-order valence-electron chi connectivity index (χ1n) is 10.7. The third-order valence-electron chi connectivity index (χ3n) is 5.07. The van der Waals surface area contributed by atoms with E-state index in [1.54, 1.807) is 32.9 Å². The van der Waals surface area contributed by atoms with Gasteiger partial charge in [-0.3, -0.25) is 4.79 Å². The van der Waals surface area contributed by atoms with Crippen molar-refractivity contribution in [3.63, 3.8) is 0 Å². The lowest BCUT2D eigenvalue weighted by atomic mass is 10.0. The van der Waals surface area contributed by atoms with Crippen LogP contribution in [-0.4, -0.2) is 58.9 Å². The number of carbonyl (C=O) groups excluding carboxylic acids is 3. The van der Waals surface area contributed by atoms with E-state index in [0.29, 0.717) is 14.5 Å². The Balaban J connectivity index is 2.50. The number of nitrogens with one attached hydrogen (secondary N) is 1. The maximum absolute atomic E-state index is 13.7. The Labute approximate surface area is 241 Å². The van der Waals surface area contributed by atoms with Gasteiger partial charge in [-0.2, -0.15) is 0 Å². The molecule has 0 unspecified atom stereocenters. The molecule has 0 saturated heterocycles. The number of rotatable bonds is 7. The zero-order valence-corrected chi connectivity index (χ0v) is 25.2. The summed E-state index contributed by atoms with van der Waals surface area (Å²) in [7, 11) is 2.56. The molecule has 0 aliphatic rings. The number of ether oxygens (including phenoxy) is 2. The molecule has 3 N–H and O–H groups in total. The molecule has 0 aromatic heterocycles. The molecule has 37 heavy (non-hydrogen) atoms. The van der Waals surface area contributed by atoms with E-state index in [1.807, 2.05) is 0 Å². The van der Waals surface area contributed by atoms with E-state index >= 15 is 0 Å². The van der Waals surface area contributed by atoms with Crippen molar-refractivity contribution >= 4 is 73.0 Å². The Morgan fingerprint density at radius 3 is 2.00 bits per heavy atom. The number of halogens is 4. The van der Waals surface area contributed by atoms with Gasteiger partial charge in [0.05, 0.1) is 26.1 Å². The second-order valence-corrected chi connectivity index (χ2v) is 11.5. The first-order valence-corrected chi connectivity index (χ1v) is 13.1. The average Bonchev–Trinajstić information content (AvgIpc) is 2.80. The number of hydrogen-bond donors (Lipinski definition) is 3. The van der Waals surface area contributed by atoms with Gasteiger partial charge in [0.25, 0.3) is 0 Å². The predicted molar refractivity (Wildman–Crippen MR) is 146 cm³/mol. The third-order valence-corrected chi connectivity index (χ3v) is 6.86. The number of likely N-dealkylation sites (N-methyl/N-ethyl adjacent to an activating group) is 1. The normalized spacial score (nSPS) is 12.9. The van der Waals surface area contributed by atoms with E-state index in [2.05, 4.69) is 37.2 Å². The molecule has 2 aromatic rings. The fraction of sp³-hybridized carbons (Fsp3) is 0.375. The smallest absolute Gasteiger partial charge is 0.408 e. The maximum atomic E-state index is 13.7. The largest absolute Gasteiger partial charge is 0.506 e. The monoisotopic (exact) mass is 682 g/mol. The Morgan fingerprint density at radius 1 is 1.03 bits per heavy atom. The summed E-state index contributed by atoms with van der Waals surface area (Å²) in [5, 5.41) is 22.2. The molecule has 0 spiro atoms. The number of alkyl carbamates (subject to hydrolysis) is 1. The fourth-order valence-electron chi connectivity index (χ4n) is 3.30. The fourth-order valence-corrected chi connectivity index (χ4v) is 5.08. The van der Waals surface area contributed by atoms with Gasteiger partial charge in [-0.25, -0.2) is 9.59 Å². The van der Waals surface area contributed by atoms with E-state index in [1.165, 1.54) is 26.3 Å². The number of nitrogens with zero attached hydrogens (tertiary/aromatic N) is 1. The minimum atomic E-state index is -1.39. The minimum absolute atomic E-state index is 0.0165. The molecule has 0 bridgehead atoms. The van der Waals surface area contributed by atoms with E-state index < -0.39 is 35.7 Å². The lowest BCUT2D eigenvalue weighted by molar-refractivity contribution is -0.152. The van der Waals surface area contributed by atoms with Crippen molar-refractivity contribution in [1.29, 1.82) is 0 Å². The lowest BCUT2D eigenvalue weighted by Crippen LogP contribution is -2.50. The summed E-state index contributed by atoms with van der Waals surface area (Å²) in [5.41, 5.74) is -0.115. The highest BCUT2D eigenvalue weighted by Crippen LogP contribution is 2.36. The van der Waals surface area contributed by atoms with Crippen molar-refractivity contribution in [2.24, 2.45) is 0 Å². The molecular weight excluding hydrogens is 659 g/mol. The minimum Gasteiger partial charge on any atom is -0.506 e. The van der Waals surface area contributed by atoms with Crippen molar-refractivity contribution < 1.29 is 34.1 Å². The highest BCUT2D eigenvalue weighted by Gasteiger charge is 2.35. The van der Waals surface area contributed by atoms with Gasteiger partial charge < -0.3 is 29.9 Å². The first kappa shape index (κ1) is 31.0. The van der Waals surface area contributed by atoms with Gasteiger partial charge in [0.15, 0.2) is 5.75 Å². The van der Waals surface area contributed by atoms with Gasteiger partial charge in [-0.1, -0.05) is 23.2 Å². The molecule has 2 atom stereocenters. The van der Waals surface area contributed by atoms with Crippen LogP contribution in [0.15, 0.2) is 33.2 Å². The zero-order chi connectivity index (χ0) is 28.2. The number of amides is 2. The van der Waals surface area contributed by atoms with Crippen molar-refractivity contribution in [2.75, 3.05) is 14.2 Å². The topological polar surface area (TPSA) is 125 Å². The SMILES string of the molecule is COC(=O)[C@H](Cc1cc(Br)c(O)c(Br)c1)N(C)C(=O)[C@H](NC(=O)OC(C)(C)C)c1cc(Cl)c(O)c(Cl)c1. The number of hydrogen-bond acceptors (Lipinski definition) is 7. The number of carbonyl (C=O) groups is 3. The molecule has 0 radical (unpaired) electrons. The van der Waals surface area contributed by atoms with Crippen LogP contribution in [0.2, 0.25) is 10.0 Å². The van der Waals surface area contributed by atoms with Crippen molar-refractivity contribution in [2.45, 2.75) is 44.9 Å². The Bertz CT molecular complexity index is 1160. The van der Waals surface area contributed by atoms with Crippen LogP contribution in [0.3, 0.4) is 0 Å². The van der Waals surface area contributed by atoms with Gasteiger partial charge >= 0.3 is 12.1 Å². The second-order valence-electron chi connectivity index (χ2n) is 9.01. The summed E-state index contributed by atoms with van der Waals surface area (Å²) in [4.78, 5) is 40.2. The molecule has 13 heteroatoms. The third kappa shape index (κ3) is 8.13. The van der Waals surface area contributed by atoms with E-state index in [9.17, 15) is 24.6 Å². The molecule has 2 amide bonds. The summed E-state index contributed by atoms with van der Waals surface area (Å²) in [5.74, 6) is -1.84. The van der Waals surface area contributed by atoms with Crippen molar-refractivity contribution in [3.8, 4) is 11.5 Å². The molecule has 0 aliphatic carbocycles. The summed E-state index contributed by atoms with van der Waals surface area (Å²) in [6.07, 6.45) is -0.886. The van der Waals surface area contributed by atoms with Crippen LogP contribution in [0.5, 0.6) is 11.5 Å². The van der Waals surface area contributed by atoms with Crippen LogP contribution in [0, 0.1) is 0 Å². The van der Waals surface area contributed by atoms with Crippen molar-refractivity contribution in [1.82, 2.24) is 10.2 Å². The zero-order valence-electron chi connectivity index (χ0n) is 20.6. The highest BCUT2D eigenvalue weighted by atomic mass is 79.9. The van der Waals surface area contributed by atoms with E-state index in [0.717, 1.165) is 4.90 Å². The Morgan fingerprint density at radius 2 is 1.54 bits per heavy atom. The standard InChI is InChI=1S/C24H26Br2Cl2N2O7/c1-24(2,3)37-23(35)29-18(12-9-15(27)20(32)16(28)10-12)21(33)30(4)17(22(34)36-5)8-11-6-13(25)19(31)14(26)7-11/h6-7,9-10,17-18,31-32H,8H2,1-5H3,(H,29,35)/t17-,18+/m0/s1. The maximum Gasteiger partial charge on any atom is 0.408 e. The number of phenolic OH excluding ortho intramolecular Hbond substituents is 2. The summed E-state index contributed by atoms with van der Waals surface area (Å²) < 4.78 is 11.0. The highest BCUT2D eigenvalue weighted by molar-refractivity contribution is 9.11. The number of benzene rings is 2. The van der Waals surface area contributed by atoms with Gasteiger partial charge in [0.2, 0.25) is 5.91 Å². The van der Waals surface area contributed by atoms with Crippen LogP contribution in [0.25, 0.3) is 0 Å². The summed E-state index contributed by atoms with van der Waals surface area (Å²) >= 11 is 18.6. The molecule has 9 nitrogen and oxygen atoms in total.